The summed E-state index contributed by atoms with van der Waals surface area (Å²) >= 11 is 0. The summed E-state index contributed by atoms with van der Waals surface area (Å²) in [7, 11) is -2.89. The average molecular weight is 354 g/mol. The molecule has 1 unspecified atom stereocenters. The van der Waals surface area contributed by atoms with E-state index >= 15 is 0 Å². The molecule has 0 aliphatic carbocycles. The van der Waals surface area contributed by atoms with Gasteiger partial charge in [0.1, 0.15) is 0 Å². The van der Waals surface area contributed by atoms with Crippen molar-refractivity contribution in [2.75, 3.05) is 26.4 Å². The second-order valence-electron chi connectivity index (χ2n) is 4.97. The lowest BCUT2D eigenvalue weighted by atomic mass is 10.4. The molecule has 0 aliphatic heterocycles. The Kier molecular flexibility index (Phi) is 11.3. The van der Waals surface area contributed by atoms with E-state index in [2.05, 4.69) is 6.92 Å². The van der Waals surface area contributed by atoms with Crippen LogP contribution >= 0.6 is 0 Å². The van der Waals surface area contributed by atoms with Crippen LogP contribution in [0.15, 0.2) is 0 Å². The molecule has 0 radical (unpaired) electrons. The van der Waals surface area contributed by atoms with Gasteiger partial charge in [0, 0.05) is 26.4 Å². The van der Waals surface area contributed by atoms with E-state index in [9.17, 15) is 9.90 Å². The number of rotatable bonds is 12. The quantitative estimate of drug-likeness (QED) is 0.493. The molecular weight excluding hydrogens is 322 g/mol. The van der Waals surface area contributed by atoms with Crippen molar-refractivity contribution in [3.05, 3.63) is 0 Å². The third-order valence-electron chi connectivity index (χ3n) is 3.69. The van der Waals surface area contributed by atoms with Gasteiger partial charge >= 0.3 is 6.09 Å². The third kappa shape index (κ3) is 6.20. The number of nitrogens with zero attached hydrogens (tertiary/aromatic N) is 1. The van der Waals surface area contributed by atoms with Crippen LogP contribution in [-0.4, -0.2) is 76.5 Å². The smallest absolute Gasteiger partial charge is 0.407 e. The molecule has 6 nitrogen and oxygen atoms in total. The predicted octanol–water partition coefficient (Wildman–Crippen LogP) is -0.191. The van der Waals surface area contributed by atoms with Crippen LogP contribution in [0.4, 0.5) is 4.79 Å². The Labute approximate surface area is 135 Å². The largest absolute Gasteiger partial charge is 0.465 e. The molecule has 0 rings (SSSR count). The summed E-state index contributed by atoms with van der Waals surface area (Å²) in [6.07, 6.45) is -0.866. The second-order valence-corrected chi connectivity index (χ2v) is 11.8. The highest BCUT2D eigenvalue weighted by atomic mass is 28.3. The molecule has 9 heteroatoms. The minimum absolute atomic E-state index is 0.227. The van der Waals surface area contributed by atoms with Crippen molar-refractivity contribution in [3.63, 3.8) is 0 Å². The van der Waals surface area contributed by atoms with E-state index in [0.29, 0.717) is 26.4 Å². The SMILES string of the molecule is CCO[SiH2]C(C)C([SiH2]OCC)([SiH2]OCC)N(CC)C(=O)O. The van der Waals surface area contributed by atoms with Crippen LogP contribution in [0.25, 0.3) is 0 Å². The van der Waals surface area contributed by atoms with Crippen LogP contribution in [0, 0.1) is 0 Å². The van der Waals surface area contributed by atoms with Crippen molar-refractivity contribution in [3.8, 4) is 0 Å². The highest BCUT2D eigenvalue weighted by molar-refractivity contribution is 6.59. The zero-order valence-corrected chi connectivity index (χ0v) is 18.3. The first-order valence-electron chi connectivity index (χ1n) is 7.73. The fourth-order valence-electron chi connectivity index (χ4n) is 2.40. The van der Waals surface area contributed by atoms with E-state index in [0.717, 1.165) is 0 Å². The molecule has 0 bridgehead atoms. The molecule has 21 heavy (non-hydrogen) atoms. The second kappa shape index (κ2) is 11.4. The fourth-order valence-corrected chi connectivity index (χ4v) is 8.84. The predicted molar refractivity (Wildman–Crippen MR) is 93.1 cm³/mol. The molecule has 1 N–H and O–H groups in total. The molecule has 0 aromatic heterocycles. The van der Waals surface area contributed by atoms with E-state index < -0.39 is 40.2 Å². The first-order chi connectivity index (χ1) is 9.99. The summed E-state index contributed by atoms with van der Waals surface area (Å²) in [6.45, 7) is 12.3. The Morgan fingerprint density at radius 3 is 1.90 bits per heavy atom. The Balaban J connectivity index is 5.40. The molecule has 0 saturated carbocycles. The van der Waals surface area contributed by atoms with E-state index in [1.54, 1.807) is 4.90 Å². The minimum atomic E-state index is -1.04. The van der Waals surface area contributed by atoms with Gasteiger partial charge in [0.2, 0.25) is 0 Å². The van der Waals surface area contributed by atoms with Crippen molar-refractivity contribution < 1.29 is 23.2 Å². The van der Waals surface area contributed by atoms with Crippen molar-refractivity contribution in [1.29, 1.82) is 0 Å². The normalized spacial score (nSPS) is 17.2. The van der Waals surface area contributed by atoms with E-state index in [-0.39, 0.29) is 5.54 Å². The molecule has 0 saturated heterocycles. The van der Waals surface area contributed by atoms with Crippen LogP contribution in [0.3, 0.4) is 0 Å². The maximum Gasteiger partial charge on any atom is 0.407 e. The van der Waals surface area contributed by atoms with Crippen molar-refractivity contribution in [1.82, 2.24) is 4.90 Å². The Bertz CT molecular complexity index is 288. The first kappa shape index (κ1) is 20.8. The van der Waals surface area contributed by atoms with E-state index in [1.165, 1.54) is 0 Å². The summed E-state index contributed by atoms with van der Waals surface area (Å²) < 4.78 is 17.3. The number of hydrogen-bond donors (Lipinski definition) is 1. The monoisotopic (exact) mass is 353 g/mol. The highest BCUT2D eigenvalue weighted by Crippen LogP contribution is 2.28. The Morgan fingerprint density at radius 1 is 1.10 bits per heavy atom. The molecule has 0 spiro atoms. The topological polar surface area (TPSA) is 68.2 Å². The van der Waals surface area contributed by atoms with Crippen molar-refractivity contribution in [2.24, 2.45) is 0 Å². The summed E-state index contributed by atoms with van der Waals surface area (Å²) in [5, 5.41) is 9.62. The zero-order valence-electron chi connectivity index (χ0n) is 14.1. The molecule has 1 atom stereocenters. The van der Waals surface area contributed by atoms with Gasteiger partial charge in [0.15, 0.2) is 29.3 Å². The lowest BCUT2D eigenvalue weighted by molar-refractivity contribution is 0.120. The van der Waals surface area contributed by atoms with E-state index in [1.807, 2.05) is 27.7 Å². The van der Waals surface area contributed by atoms with Crippen molar-refractivity contribution >= 4 is 35.4 Å². The molecule has 0 heterocycles. The first-order valence-corrected chi connectivity index (χ1v) is 11.7. The molecule has 0 aromatic carbocycles. The van der Waals surface area contributed by atoms with Crippen LogP contribution in [0.2, 0.25) is 5.54 Å². The van der Waals surface area contributed by atoms with Gasteiger partial charge in [0.25, 0.3) is 0 Å². The fraction of sp³-hybridized carbons (Fsp3) is 0.917. The minimum Gasteiger partial charge on any atom is -0.465 e. The number of amides is 1. The van der Waals surface area contributed by atoms with Crippen LogP contribution < -0.4 is 0 Å². The summed E-state index contributed by atoms with van der Waals surface area (Å²) in [5.74, 6) is 0. The van der Waals surface area contributed by atoms with Gasteiger partial charge in [-0.25, -0.2) is 4.79 Å². The van der Waals surface area contributed by atoms with Gasteiger partial charge < -0.3 is 23.3 Å². The number of hydrogen-bond acceptors (Lipinski definition) is 4. The molecule has 0 aromatic rings. The van der Waals surface area contributed by atoms with Gasteiger partial charge in [-0.2, -0.15) is 0 Å². The molecule has 1 amide bonds. The molecular formula is C12H31NO5Si3. The summed E-state index contributed by atoms with van der Waals surface area (Å²) in [5.41, 5.74) is 0.227. The van der Waals surface area contributed by atoms with Gasteiger partial charge in [-0.1, -0.05) is 6.92 Å². The van der Waals surface area contributed by atoms with Crippen molar-refractivity contribution in [2.45, 2.75) is 44.9 Å². The zero-order chi connectivity index (χ0) is 16.3. The van der Waals surface area contributed by atoms with Gasteiger partial charge in [0.05, 0.1) is 4.79 Å². The van der Waals surface area contributed by atoms with Gasteiger partial charge in [-0.05, 0) is 33.2 Å². The van der Waals surface area contributed by atoms with Gasteiger partial charge in [-0.15, -0.1) is 0 Å². The number of carbonyl (C=O) groups is 1. The van der Waals surface area contributed by atoms with Crippen LogP contribution in [-0.2, 0) is 13.3 Å². The lowest BCUT2D eigenvalue weighted by Gasteiger charge is -2.44. The third-order valence-corrected chi connectivity index (χ3v) is 12.4. The Morgan fingerprint density at radius 2 is 1.57 bits per heavy atom. The highest BCUT2D eigenvalue weighted by Gasteiger charge is 2.46. The maximum atomic E-state index is 11.7. The van der Waals surface area contributed by atoms with E-state index in [4.69, 9.17) is 13.3 Å². The molecule has 0 aliphatic rings. The summed E-state index contributed by atoms with van der Waals surface area (Å²) in [6, 6.07) is 0. The van der Waals surface area contributed by atoms with Crippen LogP contribution in [0.5, 0.6) is 0 Å². The maximum absolute atomic E-state index is 11.7. The number of carboxylic acid groups (broad SMARTS) is 1. The molecule has 126 valence electrons. The van der Waals surface area contributed by atoms with Crippen LogP contribution in [0.1, 0.15) is 34.6 Å². The lowest BCUT2D eigenvalue weighted by Crippen LogP contribution is -2.63. The molecule has 0 fully saturated rings. The van der Waals surface area contributed by atoms with Gasteiger partial charge in [-0.3, -0.25) is 0 Å². The Hall–Kier alpha value is -0.199. The average Bonchev–Trinajstić information content (AvgIpc) is 2.47. The standard InChI is InChI=1S/C12H31NO5Si3/c1-6-13(11(14)15)12(20-17-8-3,21-18-9-4)10(5)19-16-7-2/h10H,6-9,19-21H2,1-5H3,(H,14,15). The summed E-state index contributed by atoms with van der Waals surface area (Å²) in [4.78, 5) is 12.9.